The summed E-state index contributed by atoms with van der Waals surface area (Å²) >= 11 is 0. The second kappa shape index (κ2) is 6.12. The van der Waals surface area contributed by atoms with Crippen LogP contribution in [-0.4, -0.2) is 20.4 Å². The van der Waals surface area contributed by atoms with Crippen LogP contribution in [0.1, 0.15) is 12.5 Å². The Morgan fingerprint density at radius 1 is 1.00 bits per heavy atom. The minimum Gasteiger partial charge on any atom is -0.267 e. The molecule has 0 aliphatic carbocycles. The summed E-state index contributed by atoms with van der Waals surface area (Å²) < 4.78 is 3.78. The minimum atomic E-state index is 0.713. The second-order valence-electron chi connectivity index (χ2n) is 5.46. The van der Waals surface area contributed by atoms with Gasteiger partial charge in [0, 0.05) is 18.3 Å². The normalized spacial score (nSPS) is 12.6. The first-order chi connectivity index (χ1) is 11.9. The molecule has 0 saturated heterocycles. The molecule has 0 spiro atoms. The highest BCUT2D eigenvalue weighted by molar-refractivity contribution is 5.99. The Balaban J connectivity index is 1.81. The van der Waals surface area contributed by atoms with E-state index in [4.69, 9.17) is 0 Å². The average Bonchev–Trinajstić information content (AvgIpc) is 3.00. The number of nitrogens with zero attached hydrogens (tertiary/aromatic N) is 5. The van der Waals surface area contributed by atoms with Crippen molar-refractivity contribution in [2.45, 2.75) is 13.5 Å². The van der Waals surface area contributed by atoms with Gasteiger partial charge < -0.3 is 0 Å². The Labute approximate surface area is 139 Å². The van der Waals surface area contributed by atoms with Gasteiger partial charge in [-0.05, 0) is 29.8 Å². The third-order valence-electron chi connectivity index (χ3n) is 3.97. The highest BCUT2D eigenvalue weighted by atomic mass is 15.4. The molecule has 2 heterocycles. The van der Waals surface area contributed by atoms with Gasteiger partial charge in [0.2, 0.25) is 0 Å². The molecule has 0 bridgehead atoms. The standard InChI is InChI=1S/C19H17N5/c1-2-24-19(23-13-6-5-12-18(23)22-24)21-20-14-16-10-7-9-15-8-3-4-11-17(15)16/h3-14H,2H2,1H3/b20-14+,21-19-. The number of hydrogen-bond donors (Lipinski definition) is 0. The van der Waals surface area contributed by atoms with Gasteiger partial charge in [-0.3, -0.25) is 4.40 Å². The molecule has 4 aromatic rings. The number of pyridine rings is 1. The molecule has 0 radical (unpaired) electrons. The van der Waals surface area contributed by atoms with Crippen molar-refractivity contribution < 1.29 is 0 Å². The monoisotopic (exact) mass is 315 g/mol. The second-order valence-corrected chi connectivity index (χ2v) is 5.46. The summed E-state index contributed by atoms with van der Waals surface area (Å²) in [5, 5.41) is 15.6. The maximum absolute atomic E-state index is 4.52. The Morgan fingerprint density at radius 3 is 2.75 bits per heavy atom. The van der Waals surface area contributed by atoms with Crippen LogP contribution in [-0.2, 0) is 6.54 Å². The van der Waals surface area contributed by atoms with Gasteiger partial charge in [-0.1, -0.05) is 48.5 Å². The van der Waals surface area contributed by atoms with Gasteiger partial charge in [0.15, 0.2) is 5.65 Å². The lowest BCUT2D eigenvalue weighted by Crippen LogP contribution is -2.21. The van der Waals surface area contributed by atoms with Crippen molar-refractivity contribution in [3.05, 3.63) is 78.0 Å². The van der Waals surface area contributed by atoms with Crippen LogP contribution in [0.25, 0.3) is 16.4 Å². The van der Waals surface area contributed by atoms with E-state index in [9.17, 15) is 0 Å². The van der Waals surface area contributed by atoms with E-state index in [2.05, 4.69) is 33.5 Å². The van der Waals surface area contributed by atoms with Crippen LogP contribution in [0.5, 0.6) is 0 Å². The maximum atomic E-state index is 4.52. The molecule has 4 rings (SSSR count). The predicted octanol–water partition coefficient (Wildman–Crippen LogP) is 3.24. The van der Waals surface area contributed by atoms with Gasteiger partial charge in [0.05, 0.1) is 6.21 Å². The lowest BCUT2D eigenvalue weighted by Gasteiger charge is -2.00. The van der Waals surface area contributed by atoms with Crippen LogP contribution in [0, 0.1) is 0 Å². The Kier molecular flexibility index (Phi) is 3.67. The van der Waals surface area contributed by atoms with Crippen LogP contribution < -0.4 is 5.62 Å². The van der Waals surface area contributed by atoms with Crippen LogP contribution in [0.15, 0.2) is 77.1 Å². The zero-order valence-corrected chi connectivity index (χ0v) is 13.4. The molecule has 5 nitrogen and oxygen atoms in total. The van der Waals surface area contributed by atoms with Gasteiger partial charge in [0.1, 0.15) is 0 Å². The summed E-state index contributed by atoms with van der Waals surface area (Å²) in [6, 6.07) is 20.3. The highest BCUT2D eigenvalue weighted by Gasteiger charge is 2.02. The van der Waals surface area contributed by atoms with Gasteiger partial charge >= 0.3 is 0 Å². The van der Waals surface area contributed by atoms with Crippen molar-refractivity contribution in [3.8, 4) is 0 Å². The first kappa shape index (κ1) is 14.4. The molecule has 0 amide bonds. The fraction of sp³-hybridized carbons (Fsp3) is 0.105. The quantitative estimate of drug-likeness (QED) is 0.423. The summed E-state index contributed by atoms with van der Waals surface area (Å²) in [7, 11) is 0. The number of rotatable bonds is 3. The van der Waals surface area contributed by atoms with Crippen molar-refractivity contribution >= 4 is 22.6 Å². The van der Waals surface area contributed by atoms with Gasteiger partial charge in [-0.15, -0.1) is 5.10 Å². The molecule has 0 saturated carbocycles. The van der Waals surface area contributed by atoms with Crippen LogP contribution >= 0.6 is 0 Å². The van der Waals surface area contributed by atoms with Crippen molar-refractivity contribution in [2.24, 2.45) is 10.2 Å². The molecule has 0 aliphatic rings. The summed E-state index contributed by atoms with van der Waals surface area (Å²) in [4.78, 5) is 0. The van der Waals surface area contributed by atoms with Crippen molar-refractivity contribution in [2.75, 3.05) is 0 Å². The highest BCUT2D eigenvalue weighted by Crippen LogP contribution is 2.16. The van der Waals surface area contributed by atoms with E-state index >= 15 is 0 Å². The van der Waals surface area contributed by atoms with E-state index in [0.29, 0.717) is 5.62 Å². The summed E-state index contributed by atoms with van der Waals surface area (Å²) in [6.07, 6.45) is 3.74. The SMILES string of the molecule is CCn1nc2ccccn2/c1=N/N=C/c1cccc2ccccc12. The van der Waals surface area contributed by atoms with E-state index in [1.807, 2.05) is 64.7 Å². The van der Waals surface area contributed by atoms with Crippen LogP contribution in [0.3, 0.4) is 0 Å². The number of hydrogen-bond acceptors (Lipinski definition) is 3. The maximum Gasteiger partial charge on any atom is 0.252 e. The third-order valence-corrected chi connectivity index (χ3v) is 3.97. The summed E-state index contributed by atoms with van der Waals surface area (Å²) in [5.74, 6) is 0. The number of benzene rings is 2. The van der Waals surface area contributed by atoms with E-state index in [-0.39, 0.29) is 0 Å². The van der Waals surface area contributed by atoms with Crippen molar-refractivity contribution in [1.29, 1.82) is 0 Å². The zero-order chi connectivity index (χ0) is 16.4. The molecule has 118 valence electrons. The van der Waals surface area contributed by atoms with Crippen molar-refractivity contribution in [3.63, 3.8) is 0 Å². The molecule has 0 fully saturated rings. The molecule has 0 unspecified atom stereocenters. The van der Waals surface area contributed by atoms with E-state index in [1.165, 1.54) is 10.8 Å². The molecule has 24 heavy (non-hydrogen) atoms. The molecule has 2 aromatic heterocycles. The lowest BCUT2D eigenvalue weighted by molar-refractivity contribution is 0.614. The fourth-order valence-corrected chi connectivity index (χ4v) is 2.80. The van der Waals surface area contributed by atoms with Crippen molar-refractivity contribution in [1.82, 2.24) is 14.2 Å². The number of fused-ring (bicyclic) bond motifs is 2. The Bertz CT molecular complexity index is 1100. The average molecular weight is 315 g/mol. The third kappa shape index (κ3) is 2.50. The smallest absolute Gasteiger partial charge is 0.252 e. The number of aromatic nitrogens is 3. The van der Waals surface area contributed by atoms with Crippen LogP contribution in [0.2, 0.25) is 0 Å². The molecule has 2 aromatic carbocycles. The molecular weight excluding hydrogens is 298 g/mol. The van der Waals surface area contributed by atoms with E-state index in [1.54, 1.807) is 6.21 Å². The predicted molar refractivity (Wildman–Crippen MR) is 96.0 cm³/mol. The van der Waals surface area contributed by atoms with Gasteiger partial charge in [-0.25, -0.2) is 4.68 Å². The molecule has 0 N–H and O–H groups in total. The molecular formula is C19H17N5. The summed E-state index contributed by atoms with van der Waals surface area (Å²) in [6.45, 7) is 2.78. The molecule has 5 heteroatoms. The van der Waals surface area contributed by atoms with Gasteiger partial charge in [-0.2, -0.15) is 10.2 Å². The number of aryl methyl sites for hydroxylation is 1. The first-order valence-electron chi connectivity index (χ1n) is 7.96. The fourth-order valence-electron chi connectivity index (χ4n) is 2.80. The Hall–Kier alpha value is -3.21. The first-order valence-corrected chi connectivity index (χ1v) is 7.96. The summed E-state index contributed by atoms with van der Waals surface area (Å²) in [5.41, 5.74) is 2.62. The largest absolute Gasteiger partial charge is 0.267 e. The molecule has 0 aliphatic heterocycles. The molecule has 0 atom stereocenters. The lowest BCUT2D eigenvalue weighted by atomic mass is 10.1. The van der Waals surface area contributed by atoms with E-state index in [0.717, 1.165) is 17.8 Å². The topological polar surface area (TPSA) is 47.0 Å². The van der Waals surface area contributed by atoms with Crippen LogP contribution in [0.4, 0.5) is 0 Å². The Morgan fingerprint density at radius 2 is 1.83 bits per heavy atom. The minimum absolute atomic E-state index is 0.713. The van der Waals surface area contributed by atoms with Gasteiger partial charge in [0.25, 0.3) is 5.62 Å². The zero-order valence-electron chi connectivity index (χ0n) is 13.4. The van der Waals surface area contributed by atoms with E-state index < -0.39 is 0 Å².